The van der Waals surface area contributed by atoms with Crippen LogP contribution in [0.25, 0.3) is 0 Å². The smallest absolute Gasteiger partial charge is 0.0154 e. The Kier molecular flexibility index (Phi) is 5.23. The molecule has 0 aromatic heterocycles. The molecule has 0 saturated carbocycles. The lowest BCUT2D eigenvalue weighted by molar-refractivity contribution is 0.291. The average molecular weight is 169 g/mol. The molecule has 0 rings (SSSR count). The van der Waals surface area contributed by atoms with Crippen LogP contribution >= 0.6 is 0 Å². The quantitative estimate of drug-likeness (QED) is 0.629. The minimum atomic E-state index is 0.00819. The summed E-state index contributed by atoms with van der Waals surface area (Å²) in [5.74, 6) is 0.614. The topological polar surface area (TPSA) is 26.0 Å². The van der Waals surface area contributed by atoms with Gasteiger partial charge in [0.15, 0.2) is 0 Å². The summed E-state index contributed by atoms with van der Waals surface area (Å²) >= 11 is 0. The van der Waals surface area contributed by atoms with E-state index < -0.39 is 0 Å². The minimum Gasteiger partial charge on any atom is -0.325 e. The van der Waals surface area contributed by atoms with Crippen molar-refractivity contribution in [3.63, 3.8) is 0 Å². The van der Waals surface area contributed by atoms with Crippen LogP contribution in [0.4, 0.5) is 0 Å². The third kappa shape index (κ3) is 3.91. The summed E-state index contributed by atoms with van der Waals surface area (Å²) in [4.78, 5) is 0. The zero-order chi connectivity index (χ0) is 9.61. The van der Waals surface area contributed by atoms with Crippen molar-refractivity contribution in [3.8, 4) is 0 Å². The molecule has 0 saturated heterocycles. The standard InChI is InChI=1S/C11H23N/c1-5-7-8-9-11(4,12)10(3)6-2/h5,7,10H,6,8-9,12H2,1-4H3/b7-5-. The molecule has 2 unspecified atom stereocenters. The lowest BCUT2D eigenvalue weighted by Gasteiger charge is -2.30. The molecule has 1 nitrogen and oxygen atoms in total. The molecule has 0 bridgehead atoms. The molecule has 0 amide bonds. The molecule has 0 aliphatic heterocycles. The van der Waals surface area contributed by atoms with E-state index in [-0.39, 0.29) is 5.54 Å². The van der Waals surface area contributed by atoms with E-state index in [9.17, 15) is 0 Å². The summed E-state index contributed by atoms with van der Waals surface area (Å²) in [5, 5.41) is 0. The predicted molar refractivity (Wildman–Crippen MR) is 56.1 cm³/mol. The van der Waals surface area contributed by atoms with Crippen LogP contribution in [0.1, 0.15) is 47.0 Å². The lowest BCUT2D eigenvalue weighted by atomic mass is 9.82. The maximum Gasteiger partial charge on any atom is 0.0154 e. The van der Waals surface area contributed by atoms with E-state index >= 15 is 0 Å². The van der Waals surface area contributed by atoms with Gasteiger partial charge in [-0.1, -0.05) is 32.4 Å². The van der Waals surface area contributed by atoms with E-state index in [1.165, 1.54) is 6.42 Å². The molecule has 0 aliphatic carbocycles. The third-order valence-corrected chi connectivity index (χ3v) is 2.82. The van der Waals surface area contributed by atoms with Crippen LogP contribution in [0.15, 0.2) is 12.2 Å². The van der Waals surface area contributed by atoms with Crippen molar-refractivity contribution < 1.29 is 0 Å². The van der Waals surface area contributed by atoms with E-state index in [0.717, 1.165) is 12.8 Å². The Hall–Kier alpha value is -0.300. The van der Waals surface area contributed by atoms with Gasteiger partial charge in [0.05, 0.1) is 0 Å². The van der Waals surface area contributed by atoms with Gasteiger partial charge in [-0.05, 0) is 32.6 Å². The van der Waals surface area contributed by atoms with Crippen molar-refractivity contribution in [3.05, 3.63) is 12.2 Å². The third-order valence-electron chi connectivity index (χ3n) is 2.82. The molecular formula is C11H23N. The highest BCUT2D eigenvalue weighted by Crippen LogP contribution is 2.22. The van der Waals surface area contributed by atoms with Crippen molar-refractivity contribution in [2.24, 2.45) is 11.7 Å². The molecule has 0 aromatic carbocycles. The highest BCUT2D eigenvalue weighted by atomic mass is 14.7. The Labute approximate surface area is 77.0 Å². The molecule has 0 aliphatic rings. The van der Waals surface area contributed by atoms with Gasteiger partial charge >= 0.3 is 0 Å². The molecule has 0 fully saturated rings. The summed E-state index contributed by atoms with van der Waals surface area (Å²) in [6.45, 7) is 8.64. The average Bonchev–Trinajstić information content (AvgIpc) is 2.03. The molecule has 12 heavy (non-hydrogen) atoms. The van der Waals surface area contributed by atoms with Gasteiger partial charge in [0.25, 0.3) is 0 Å². The zero-order valence-corrected chi connectivity index (χ0v) is 8.93. The molecule has 0 radical (unpaired) electrons. The van der Waals surface area contributed by atoms with Crippen LogP contribution in [0.2, 0.25) is 0 Å². The monoisotopic (exact) mass is 169 g/mol. The van der Waals surface area contributed by atoms with Crippen LogP contribution in [0, 0.1) is 5.92 Å². The number of allylic oxidation sites excluding steroid dienone is 2. The van der Waals surface area contributed by atoms with Crippen LogP contribution in [0.5, 0.6) is 0 Å². The van der Waals surface area contributed by atoms with E-state index in [4.69, 9.17) is 5.73 Å². The number of hydrogen-bond acceptors (Lipinski definition) is 1. The Morgan fingerprint density at radius 2 is 2.08 bits per heavy atom. The first kappa shape index (κ1) is 11.7. The molecule has 1 heteroatoms. The van der Waals surface area contributed by atoms with Gasteiger partial charge in [0.2, 0.25) is 0 Å². The summed E-state index contributed by atoms with van der Waals surface area (Å²) in [6, 6.07) is 0. The maximum atomic E-state index is 6.18. The first-order chi connectivity index (χ1) is 5.54. The molecule has 0 spiro atoms. The highest BCUT2D eigenvalue weighted by Gasteiger charge is 2.23. The van der Waals surface area contributed by atoms with Gasteiger partial charge in [-0.25, -0.2) is 0 Å². The number of hydrogen-bond donors (Lipinski definition) is 1. The van der Waals surface area contributed by atoms with Crippen LogP contribution < -0.4 is 5.73 Å². The van der Waals surface area contributed by atoms with Gasteiger partial charge < -0.3 is 5.73 Å². The van der Waals surface area contributed by atoms with Crippen molar-refractivity contribution >= 4 is 0 Å². The van der Waals surface area contributed by atoms with Crippen molar-refractivity contribution in [1.29, 1.82) is 0 Å². The molecule has 2 N–H and O–H groups in total. The fourth-order valence-corrected chi connectivity index (χ4v) is 1.27. The van der Waals surface area contributed by atoms with E-state index in [2.05, 4.69) is 39.8 Å². The van der Waals surface area contributed by atoms with Gasteiger partial charge in [-0.2, -0.15) is 0 Å². The Morgan fingerprint density at radius 1 is 1.50 bits per heavy atom. The van der Waals surface area contributed by atoms with E-state index in [0.29, 0.717) is 5.92 Å². The Morgan fingerprint density at radius 3 is 2.50 bits per heavy atom. The molecular weight excluding hydrogens is 146 g/mol. The Balaban J connectivity index is 3.85. The summed E-state index contributed by atoms with van der Waals surface area (Å²) in [6.07, 6.45) is 7.64. The second-order valence-electron chi connectivity index (χ2n) is 3.92. The minimum absolute atomic E-state index is 0.00819. The Bertz CT molecular complexity index is 136. The second-order valence-corrected chi connectivity index (χ2v) is 3.92. The maximum absolute atomic E-state index is 6.18. The van der Waals surface area contributed by atoms with Gasteiger partial charge in [0.1, 0.15) is 0 Å². The summed E-state index contributed by atoms with van der Waals surface area (Å²) in [5.41, 5.74) is 6.19. The van der Waals surface area contributed by atoms with Crippen molar-refractivity contribution in [2.75, 3.05) is 0 Å². The predicted octanol–water partition coefficient (Wildman–Crippen LogP) is 3.11. The first-order valence-corrected chi connectivity index (χ1v) is 4.94. The summed E-state index contributed by atoms with van der Waals surface area (Å²) in [7, 11) is 0. The zero-order valence-electron chi connectivity index (χ0n) is 8.93. The normalized spacial score (nSPS) is 19.4. The second kappa shape index (κ2) is 5.36. The molecule has 72 valence electrons. The summed E-state index contributed by atoms with van der Waals surface area (Å²) < 4.78 is 0. The number of rotatable bonds is 5. The van der Waals surface area contributed by atoms with Crippen LogP contribution in [-0.2, 0) is 0 Å². The molecule has 0 heterocycles. The van der Waals surface area contributed by atoms with Crippen LogP contribution in [-0.4, -0.2) is 5.54 Å². The first-order valence-electron chi connectivity index (χ1n) is 4.94. The molecule has 2 atom stereocenters. The largest absolute Gasteiger partial charge is 0.325 e. The van der Waals surface area contributed by atoms with Crippen LogP contribution in [0.3, 0.4) is 0 Å². The fraction of sp³-hybridized carbons (Fsp3) is 0.818. The highest BCUT2D eigenvalue weighted by molar-refractivity contribution is 4.88. The van der Waals surface area contributed by atoms with E-state index in [1.54, 1.807) is 0 Å². The lowest BCUT2D eigenvalue weighted by Crippen LogP contribution is -2.42. The van der Waals surface area contributed by atoms with Gasteiger partial charge in [-0.15, -0.1) is 0 Å². The molecule has 0 aromatic rings. The SMILES string of the molecule is C/C=C\CCC(C)(N)C(C)CC. The van der Waals surface area contributed by atoms with Gasteiger partial charge in [-0.3, -0.25) is 0 Å². The van der Waals surface area contributed by atoms with Crippen molar-refractivity contribution in [2.45, 2.75) is 52.5 Å². The number of nitrogens with two attached hydrogens (primary N) is 1. The van der Waals surface area contributed by atoms with Gasteiger partial charge in [0, 0.05) is 5.54 Å². The van der Waals surface area contributed by atoms with Crippen molar-refractivity contribution in [1.82, 2.24) is 0 Å². The fourth-order valence-electron chi connectivity index (χ4n) is 1.27. The van der Waals surface area contributed by atoms with E-state index in [1.807, 2.05) is 0 Å².